The maximum atomic E-state index is 11.9. The Bertz CT molecular complexity index is 500. The van der Waals surface area contributed by atoms with Crippen molar-refractivity contribution in [2.45, 2.75) is 31.9 Å². The smallest absolute Gasteiger partial charge is 0.160 e. The minimum absolute atomic E-state index is 0.0819. The monoisotopic (exact) mass is 261 g/mol. The Balaban J connectivity index is 2.89. The number of hydrogen-bond donors (Lipinski definition) is 0. The van der Waals surface area contributed by atoms with Crippen LogP contribution in [0.15, 0.2) is 5.38 Å². The first-order valence-corrected chi connectivity index (χ1v) is 7.55. The average molecular weight is 261 g/mol. The van der Waals surface area contributed by atoms with Crippen molar-refractivity contribution in [1.29, 1.82) is 0 Å². The highest BCUT2D eigenvalue weighted by Crippen LogP contribution is 2.20. The number of carbonyl (C=O) groups is 1. The fraction of sp³-hybridized carbons (Fsp3) is 0.600. The Morgan fingerprint density at radius 1 is 1.50 bits per heavy atom. The lowest BCUT2D eigenvalue weighted by atomic mass is 10.1. The summed E-state index contributed by atoms with van der Waals surface area (Å²) < 4.78 is 21.6. The van der Waals surface area contributed by atoms with Crippen LogP contribution in [-0.2, 0) is 21.1 Å². The van der Waals surface area contributed by atoms with Crippen LogP contribution >= 0.6 is 11.3 Å². The maximum Gasteiger partial charge on any atom is 0.160 e. The molecule has 0 atom stereocenters. The van der Waals surface area contributed by atoms with Crippen molar-refractivity contribution in [3.8, 4) is 0 Å². The molecule has 6 heteroatoms. The van der Waals surface area contributed by atoms with Gasteiger partial charge in [0.2, 0.25) is 0 Å². The third-order valence-electron chi connectivity index (χ3n) is 2.58. The van der Waals surface area contributed by atoms with Crippen LogP contribution in [0.1, 0.15) is 24.5 Å². The van der Waals surface area contributed by atoms with Crippen LogP contribution in [0, 0.1) is 6.92 Å². The van der Waals surface area contributed by atoms with Crippen LogP contribution in [-0.4, -0.2) is 30.2 Å². The van der Waals surface area contributed by atoms with Crippen molar-refractivity contribution in [3.63, 3.8) is 0 Å². The SMILES string of the molecule is Cc1csc(CC(=O)C(C)(C)S(C)(=O)=O)n1. The van der Waals surface area contributed by atoms with Gasteiger partial charge in [0, 0.05) is 17.3 Å². The summed E-state index contributed by atoms with van der Waals surface area (Å²) in [4.78, 5) is 16.0. The molecule has 0 fully saturated rings. The number of carbonyl (C=O) groups excluding carboxylic acids is 1. The van der Waals surface area contributed by atoms with Gasteiger partial charge in [-0.15, -0.1) is 11.3 Å². The second kappa shape index (κ2) is 4.25. The number of thiazole rings is 1. The molecule has 0 N–H and O–H groups in total. The van der Waals surface area contributed by atoms with Gasteiger partial charge in [-0.2, -0.15) is 0 Å². The lowest BCUT2D eigenvalue weighted by molar-refractivity contribution is -0.120. The van der Waals surface area contributed by atoms with Gasteiger partial charge in [0.1, 0.15) is 9.75 Å². The van der Waals surface area contributed by atoms with Crippen LogP contribution in [0.5, 0.6) is 0 Å². The van der Waals surface area contributed by atoms with Crippen LogP contribution in [0.25, 0.3) is 0 Å². The van der Waals surface area contributed by atoms with Crippen molar-refractivity contribution >= 4 is 27.0 Å². The molecule has 0 bridgehead atoms. The lowest BCUT2D eigenvalue weighted by Crippen LogP contribution is -2.40. The normalized spacial score (nSPS) is 12.8. The van der Waals surface area contributed by atoms with E-state index >= 15 is 0 Å². The Morgan fingerprint density at radius 3 is 2.44 bits per heavy atom. The summed E-state index contributed by atoms with van der Waals surface area (Å²) in [5.74, 6) is -0.315. The molecule has 1 heterocycles. The van der Waals surface area contributed by atoms with E-state index in [2.05, 4.69) is 4.98 Å². The van der Waals surface area contributed by atoms with Gasteiger partial charge in [0.05, 0.1) is 6.42 Å². The molecule has 0 unspecified atom stereocenters. The zero-order valence-corrected chi connectivity index (χ0v) is 11.4. The minimum atomic E-state index is -3.39. The summed E-state index contributed by atoms with van der Waals surface area (Å²) in [7, 11) is -3.39. The first-order chi connectivity index (χ1) is 7.14. The number of Topliss-reactive ketones (excluding diaryl/α,β-unsaturated/α-hetero) is 1. The highest BCUT2D eigenvalue weighted by molar-refractivity contribution is 7.92. The summed E-state index contributed by atoms with van der Waals surface area (Å²) >= 11 is 1.38. The number of aryl methyl sites for hydroxylation is 1. The summed E-state index contributed by atoms with van der Waals surface area (Å²) in [5, 5.41) is 2.51. The van der Waals surface area contributed by atoms with Gasteiger partial charge in [0.25, 0.3) is 0 Å². The number of hydrogen-bond acceptors (Lipinski definition) is 5. The van der Waals surface area contributed by atoms with Crippen molar-refractivity contribution < 1.29 is 13.2 Å². The Hall–Kier alpha value is -0.750. The molecule has 0 aliphatic carbocycles. The fourth-order valence-corrected chi connectivity index (χ4v) is 2.30. The van der Waals surface area contributed by atoms with E-state index in [1.807, 2.05) is 12.3 Å². The van der Waals surface area contributed by atoms with E-state index < -0.39 is 14.6 Å². The maximum absolute atomic E-state index is 11.9. The van der Waals surface area contributed by atoms with Crippen molar-refractivity contribution in [2.24, 2.45) is 0 Å². The minimum Gasteiger partial charge on any atom is -0.297 e. The second-order valence-electron chi connectivity index (χ2n) is 4.27. The largest absolute Gasteiger partial charge is 0.297 e. The van der Waals surface area contributed by atoms with E-state index in [-0.39, 0.29) is 12.2 Å². The lowest BCUT2D eigenvalue weighted by Gasteiger charge is -2.19. The van der Waals surface area contributed by atoms with E-state index in [4.69, 9.17) is 0 Å². The van der Waals surface area contributed by atoms with Gasteiger partial charge in [0.15, 0.2) is 15.6 Å². The molecule has 0 spiro atoms. The number of rotatable bonds is 4. The number of nitrogens with zero attached hydrogens (tertiary/aromatic N) is 1. The van der Waals surface area contributed by atoms with Gasteiger partial charge < -0.3 is 0 Å². The fourth-order valence-electron chi connectivity index (χ4n) is 1.04. The van der Waals surface area contributed by atoms with E-state index in [0.29, 0.717) is 5.01 Å². The van der Waals surface area contributed by atoms with Gasteiger partial charge >= 0.3 is 0 Å². The zero-order valence-electron chi connectivity index (χ0n) is 9.77. The van der Waals surface area contributed by atoms with Gasteiger partial charge in [-0.1, -0.05) is 0 Å². The quantitative estimate of drug-likeness (QED) is 0.821. The molecule has 0 radical (unpaired) electrons. The molecule has 1 rings (SSSR count). The summed E-state index contributed by atoms with van der Waals surface area (Å²) in [5.41, 5.74) is 0.852. The third-order valence-corrected chi connectivity index (χ3v) is 5.63. The summed E-state index contributed by atoms with van der Waals surface area (Å²) in [6, 6.07) is 0. The third kappa shape index (κ3) is 2.68. The molecule has 1 aromatic rings. The van der Waals surface area contributed by atoms with E-state index in [1.165, 1.54) is 25.2 Å². The molecular formula is C10H15NO3S2. The van der Waals surface area contributed by atoms with Crippen LogP contribution in [0.2, 0.25) is 0 Å². The van der Waals surface area contributed by atoms with Crippen molar-refractivity contribution in [2.75, 3.05) is 6.26 Å². The van der Waals surface area contributed by atoms with E-state index in [1.54, 1.807) is 0 Å². The highest BCUT2D eigenvalue weighted by Gasteiger charge is 2.38. The molecule has 0 amide bonds. The molecule has 1 aromatic heterocycles. The number of sulfone groups is 1. The van der Waals surface area contributed by atoms with E-state index in [0.717, 1.165) is 11.9 Å². The summed E-state index contributed by atoms with van der Waals surface area (Å²) in [6.07, 6.45) is 1.16. The predicted octanol–water partition coefficient (Wildman–Crippen LogP) is 1.39. The topological polar surface area (TPSA) is 64.1 Å². The molecule has 90 valence electrons. The average Bonchev–Trinajstić information content (AvgIpc) is 2.49. The van der Waals surface area contributed by atoms with Crippen LogP contribution in [0.4, 0.5) is 0 Å². The van der Waals surface area contributed by atoms with Gasteiger partial charge in [-0.25, -0.2) is 13.4 Å². The van der Waals surface area contributed by atoms with Gasteiger partial charge in [-0.3, -0.25) is 4.79 Å². The predicted molar refractivity (Wildman–Crippen MR) is 64.5 cm³/mol. The molecule has 0 aromatic carbocycles. The van der Waals surface area contributed by atoms with Crippen LogP contribution < -0.4 is 0 Å². The Labute approximate surface area is 99.6 Å². The highest BCUT2D eigenvalue weighted by atomic mass is 32.2. The van der Waals surface area contributed by atoms with Crippen LogP contribution in [0.3, 0.4) is 0 Å². The molecule has 0 aliphatic heterocycles. The summed E-state index contributed by atoms with van der Waals surface area (Å²) in [6.45, 7) is 4.71. The first kappa shape index (κ1) is 13.3. The van der Waals surface area contributed by atoms with E-state index in [9.17, 15) is 13.2 Å². The molecule has 0 aliphatic rings. The molecule has 0 saturated carbocycles. The molecule has 0 saturated heterocycles. The first-order valence-electron chi connectivity index (χ1n) is 4.78. The number of aromatic nitrogens is 1. The Kier molecular flexibility index (Phi) is 3.54. The number of ketones is 1. The van der Waals surface area contributed by atoms with Crippen molar-refractivity contribution in [1.82, 2.24) is 4.98 Å². The molecule has 16 heavy (non-hydrogen) atoms. The Morgan fingerprint density at radius 2 is 2.06 bits per heavy atom. The molecule has 4 nitrogen and oxygen atoms in total. The zero-order chi connectivity index (χ0) is 12.6. The molecular weight excluding hydrogens is 246 g/mol. The van der Waals surface area contributed by atoms with Gasteiger partial charge in [-0.05, 0) is 20.8 Å². The second-order valence-corrected chi connectivity index (χ2v) is 7.77. The van der Waals surface area contributed by atoms with Crippen molar-refractivity contribution in [3.05, 3.63) is 16.1 Å². The standard InChI is InChI=1S/C10H15NO3S2/c1-7-6-15-9(11-7)5-8(12)10(2,3)16(4,13)14/h6H,5H2,1-4H3.